The molecule has 1 saturated heterocycles. The van der Waals surface area contributed by atoms with Crippen molar-refractivity contribution in [2.24, 2.45) is 0 Å². The zero-order chi connectivity index (χ0) is 18.7. The van der Waals surface area contributed by atoms with Crippen LogP contribution in [0, 0.1) is 6.92 Å². The molecule has 5 nitrogen and oxygen atoms in total. The van der Waals surface area contributed by atoms with Crippen LogP contribution in [-0.2, 0) is 9.59 Å². The summed E-state index contributed by atoms with van der Waals surface area (Å²) < 4.78 is 0. The number of nitrogens with zero attached hydrogens (tertiary/aromatic N) is 1. The van der Waals surface area contributed by atoms with Gasteiger partial charge in [-0.3, -0.25) is 14.9 Å². The SMILES string of the molecule is Cc1ccc(NC(=O)CN2CNC(c3ccc(Cl)cc3)CC2=O)cc1Cl. The van der Waals surface area contributed by atoms with Gasteiger partial charge in [-0.05, 0) is 42.3 Å². The normalized spacial score (nSPS) is 17.3. The number of hydrogen-bond acceptors (Lipinski definition) is 3. The summed E-state index contributed by atoms with van der Waals surface area (Å²) in [5, 5.41) is 7.29. The molecule has 1 heterocycles. The van der Waals surface area contributed by atoms with Crippen molar-refractivity contribution in [3.05, 3.63) is 63.6 Å². The van der Waals surface area contributed by atoms with Crippen LogP contribution in [-0.4, -0.2) is 29.9 Å². The molecular formula is C19H19Cl2N3O2. The quantitative estimate of drug-likeness (QED) is 0.833. The molecule has 0 radical (unpaired) electrons. The number of hydrogen-bond donors (Lipinski definition) is 2. The highest BCUT2D eigenvalue weighted by Gasteiger charge is 2.27. The number of halogens is 2. The average molecular weight is 392 g/mol. The first-order valence-corrected chi connectivity index (χ1v) is 9.00. The second kappa shape index (κ2) is 8.08. The Morgan fingerprint density at radius 3 is 2.62 bits per heavy atom. The van der Waals surface area contributed by atoms with E-state index in [2.05, 4.69) is 10.6 Å². The first-order chi connectivity index (χ1) is 12.4. The van der Waals surface area contributed by atoms with Crippen LogP contribution < -0.4 is 10.6 Å². The molecule has 2 amide bonds. The molecule has 26 heavy (non-hydrogen) atoms. The number of aryl methyl sites for hydroxylation is 1. The number of nitrogens with one attached hydrogen (secondary N) is 2. The lowest BCUT2D eigenvalue weighted by atomic mass is 10.0. The Kier molecular flexibility index (Phi) is 5.81. The second-order valence-corrected chi connectivity index (χ2v) is 7.12. The fourth-order valence-corrected chi connectivity index (χ4v) is 3.11. The fraction of sp³-hybridized carbons (Fsp3) is 0.263. The average Bonchev–Trinajstić information content (AvgIpc) is 2.60. The van der Waals surface area contributed by atoms with Crippen molar-refractivity contribution >= 4 is 40.7 Å². The Morgan fingerprint density at radius 2 is 1.96 bits per heavy atom. The molecule has 0 spiro atoms. The van der Waals surface area contributed by atoms with Crippen molar-refractivity contribution in [3.63, 3.8) is 0 Å². The van der Waals surface area contributed by atoms with Crippen LogP contribution in [0.5, 0.6) is 0 Å². The number of anilines is 1. The maximum atomic E-state index is 12.4. The number of carbonyl (C=O) groups excluding carboxylic acids is 2. The summed E-state index contributed by atoms with van der Waals surface area (Å²) >= 11 is 12.0. The third-order valence-electron chi connectivity index (χ3n) is 4.32. The predicted molar refractivity (Wildman–Crippen MR) is 103 cm³/mol. The standard InChI is InChI=1S/C19H19Cl2N3O2/c1-12-2-7-15(8-16(12)21)23-18(25)10-24-11-22-17(9-19(24)26)13-3-5-14(20)6-4-13/h2-8,17,22H,9-11H2,1H3,(H,23,25). The van der Waals surface area contributed by atoms with Gasteiger partial charge >= 0.3 is 0 Å². The van der Waals surface area contributed by atoms with Gasteiger partial charge in [-0.15, -0.1) is 0 Å². The molecule has 2 aromatic carbocycles. The smallest absolute Gasteiger partial charge is 0.244 e. The van der Waals surface area contributed by atoms with Gasteiger partial charge in [-0.2, -0.15) is 0 Å². The third-order valence-corrected chi connectivity index (χ3v) is 4.98. The fourth-order valence-electron chi connectivity index (χ4n) is 2.80. The summed E-state index contributed by atoms with van der Waals surface area (Å²) in [5.74, 6) is -0.328. The van der Waals surface area contributed by atoms with Gasteiger partial charge < -0.3 is 10.2 Å². The molecule has 1 aliphatic rings. The Morgan fingerprint density at radius 1 is 1.23 bits per heavy atom. The molecule has 0 aliphatic carbocycles. The van der Waals surface area contributed by atoms with Crippen LogP contribution in [0.1, 0.15) is 23.6 Å². The molecule has 7 heteroatoms. The zero-order valence-electron chi connectivity index (χ0n) is 14.3. The van der Waals surface area contributed by atoms with E-state index in [1.165, 1.54) is 4.90 Å². The Labute approximate surface area is 162 Å². The van der Waals surface area contributed by atoms with Crippen molar-refractivity contribution < 1.29 is 9.59 Å². The van der Waals surface area contributed by atoms with Gasteiger partial charge in [-0.25, -0.2) is 0 Å². The Hall–Kier alpha value is -2.08. The van der Waals surface area contributed by atoms with Crippen LogP contribution >= 0.6 is 23.2 Å². The van der Waals surface area contributed by atoms with Gasteiger partial charge in [0.15, 0.2) is 0 Å². The van der Waals surface area contributed by atoms with E-state index in [1.807, 2.05) is 25.1 Å². The van der Waals surface area contributed by atoms with Crippen molar-refractivity contribution in [1.29, 1.82) is 0 Å². The minimum atomic E-state index is -0.259. The van der Waals surface area contributed by atoms with Gasteiger partial charge in [0.25, 0.3) is 0 Å². The molecule has 1 aliphatic heterocycles. The summed E-state index contributed by atoms with van der Waals surface area (Å²) in [6.07, 6.45) is 0.297. The summed E-state index contributed by atoms with van der Waals surface area (Å²) in [6.45, 7) is 2.20. The van der Waals surface area contributed by atoms with Crippen molar-refractivity contribution in [3.8, 4) is 0 Å². The van der Waals surface area contributed by atoms with E-state index in [4.69, 9.17) is 23.2 Å². The Balaban J connectivity index is 1.56. The number of carbonyl (C=O) groups is 2. The third kappa shape index (κ3) is 4.55. The van der Waals surface area contributed by atoms with E-state index < -0.39 is 0 Å². The van der Waals surface area contributed by atoms with Gasteiger partial charge in [0.1, 0.15) is 6.54 Å². The van der Waals surface area contributed by atoms with Crippen LogP contribution in [0.2, 0.25) is 10.0 Å². The summed E-state index contributed by atoms with van der Waals surface area (Å²) in [6, 6.07) is 12.6. The van der Waals surface area contributed by atoms with Crippen molar-refractivity contribution in [1.82, 2.24) is 10.2 Å². The summed E-state index contributed by atoms with van der Waals surface area (Å²) in [7, 11) is 0. The van der Waals surface area contributed by atoms with Gasteiger partial charge in [0.05, 0.1) is 6.67 Å². The molecule has 1 fully saturated rings. The molecule has 2 N–H and O–H groups in total. The minimum Gasteiger partial charge on any atom is -0.324 e. The van der Waals surface area contributed by atoms with Crippen LogP contribution in [0.3, 0.4) is 0 Å². The monoisotopic (exact) mass is 391 g/mol. The first kappa shape index (κ1) is 18.7. The molecule has 136 valence electrons. The van der Waals surface area contributed by atoms with Crippen LogP contribution in [0.15, 0.2) is 42.5 Å². The number of amides is 2. The lowest BCUT2D eigenvalue weighted by molar-refractivity contribution is -0.138. The molecule has 3 rings (SSSR count). The van der Waals surface area contributed by atoms with E-state index in [-0.39, 0.29) is 24.4 Å². The lowest BCUT2D eigenvalue weighted by Crippen LogP contribution is -2.49. The number of benzene rings is 2. The zero-order valence-corrected chi connectivity index (χ0v) is 15.8. The maximum Gasteiger partial charge on any atom is 0.244 e. The molecular weight excluding hydrogens is 373 g/mol. The summed E-state index contributed by atoms with van der Waals surface area (Å²) in [4.78, 5) is 26.1. The molecule has 0 bridgehead atoms. The molecule has 2 aromatic rings. The topological polar surface area (TPSA) is 61.4 Å². The lowest BCUT2D eigenvalue weighted by Gasteiger charge is -2.32. The maximum absolute atomic E-state index is 12.4. The molecule has 1 atom stereocenters. The number of rotatable bonds is 4. The predicted octanol–water partition coefficient (Wildman–Crippen LogP) is 3.76. The van der Waals surface area contributed by atoms with Crippen LogP contribution in [0.4, 0.5) is 5.69 Å². The highest BCUT2D eigenvalue weighted by atomic mass is 35.5. The van der Waals surface area contributed by atoms with Gasteiger partial charge in [-0.1, -0.05) is 41.4 Å². The highest BCUT2D eigenvalue weighted by molar-refractivity contribution is 6.31. The van der Waals surface area contributed by atoms with E-state index in [1.54, 1.807) is 24.3 Å². The van der Waals surface area contributed by atoms with Crippen molar-refractivity contribution in [2.45, 2.75) is 19.4 Å². The second-order valence-electron chi connectivity index (χ2n) is 6.27. The molecule has 0 aromatic heterocycles. The van der Waals surface area contributed by atoms with Gasteiger partial charge in [0.2, 0.25) is 11.8 Å². The van der Waals surface area contributed by atoms with Gasteiger partial charge in [0, 0.05) is 28.2 Å². The van der Waals surface area contributed by atoms with E-state index >= 15 is 0 Å². The molecule has 0 saturated carbocycles. The molecule has 1 unspecified atom stereocenters. The van der Waals surface area contributed by atoms with E-state index in [0.29, 0.717) is 28.8 Å². The first-order valence-electron chi connectivity index (χ1n) is 8.25. The van der Waals surface area contributed by atoms with E-state index in [9.17, 15) is 9.59 Å². The summed E-state index contributed by atoms with van der Waals surface area (Å²) in [5.41, 5.74) is 2.55. The minimum absolute atomic E-state index is 0.00926. The van der Waals surface area contributed by atoms with Crippen molar-refractivity contribution in [2.75, 3.05) is 18.5 Å². The highest BCUT2D eigenvalue weighted by Crippen LogP contribution is 2.23. The van der Waals surface area contributed by atoms with E-state index in [0.717, 1.165) is 11.1 Å². The largest absolute Gasteiger partial charge is 0.324 e. The Bertz CT molecular complexity index is 824. The van der Waals surface area contributed by atoms with Crippen LogP contribution in [0.25, 0.3) is 0 Å².